The van der Waals surface area contributed by atoms with Gasteiger partial charge in [-0.2, -0.15) is 0 Å². The van der Waals surface area contributed by atoms with Gasteiger partial charge in [-0.25, -0.2) is 4.79 Å². The van der Waals surface area contributed by atoms with E-state index in [2.05, 4.69) is 5.32 Å². The van der Waals surface area contributed by atoms with Crippen LogP contribution in [0.3, 0.4) is 0 Å². The second kappa shape index (κ2) is 7.88. The van der Waals surface area contributed by atoms with Crippen molar-refractivity contribution >= 4 is 28.3 Å². The van der Waals surface area contributed by atoms with E-state index in [1.807, 2.05) is 30.3 Å². The predicted molar refractivity (Wildman–Crippen MR) is 110 cm³/mol. The standard InChI is InChI=1S/C22H14N2O6/c25-21(19-13-14-12-16(24(27)28)8-11-20(14)30-22(19)26)23-15-6-9-18(10-7-15)29-17-4-2-1-3-5-17/h1-13H,(H,23,25). The molecule has 0 radical (unpaired) electrons. The Morgan fingerprint density at radius 2 is 1.63 bits per heavy atom. The molecular weight excluding hydrogens is 388 g/mol. The first kappa shape index (κ1) is 18.9. The lowest BCUT2D eigenvalue weighted by atomic mass is 10.1. The highest BCUT2D eigenvalue weighted by Crippen LogP contribution is 2.24. The van der Waals surface area contributed by atoms with Crippen molar-refractivity contribution in [1.29, 1.82) is 0 Å². The van der Waals surface area contributed by atoms with Crippen LogP contribution in [0.5, 0.6) is 11.5 Å². The minimum atomic E-state index is -0.835. The number of non-ortho nitro benzene ring substituents is 1. The Bertz CT molecular complexity index is 1300. The van der Waals surface area contributed by atoms with E-state index in [-0.39, 0.29) is 22.2 Å². The molecule has 0 unspecified atom stereocenters. The Kier molecular flexibility index (Phi) is 4.96. The Morgan fingerprint density at radius 1 is 0.933 bits per heavy atom. The molecule has 148 valence electrons. The van der Waals surface area contributed by atoms with Gasteiger partial charge in [-0.05, 0) is 48.5 Å². The summed E-state index contributed by atoms with van der Waals surface area (Å²) in [5.74, 6) is 0.572. The number of para-hydroxylation sites is 1. The van der Waals surface area contributed by atoms with Crippen molar-refractivity contribution in [3.63, 3.8) is 0 Å². The van der Waals surface area contributed by atoms with E-state index >= 15 is 0 Å². The molecule has 1 amide bonds. The lowest BCUT2D eigenvalue weighted by Crippen LogP contribution is -2.20. The topological polar surface area (TPSA) is 112 Å². The molecule has 0 saturated heterocycles. The molecule has 0 bridgehead atoms. The van der Waals surface area contributed by atoms with E-state index in [0.29, 0.717) is 17.2 Å². The van der Waals surface area contributed by atoms with Gasteiger partial charge in [-0.3, -0.25) is 14.9 Å². The lowest BCUT2D eigenvalue weighted by Gasteiger charge is -2.08. The first-order chi connectivity index (χ1) is 14.5. The van der Waals surface area contributed by atoms with E-state index in [0.717, 1.165) is 0 Å². The average Bonchev–Trinajstić information content (AvgIpc) is 2.75. The van der Waals surface area contributed by atoms with Crippen LogP contribution in [0, 0.1) is 10.1 Å². The summed E-state index contributed by atoms with van der Waals surface area (Å²) in [6.07, 6.45) is 0. The molecule has 0 saturated carbocycles. The van der Waals surface area contributed by atoms with Crippen LogP contribution in [-0.4, -0.2) is 10.8 Å². The Morgan fingerprint density at radius 3 is 2.33 bits per heavy atom. The van der Waals surface area contributed by atoms with Crippen molar-refractivity contribution in [2.45, 2.75) is 0 Å². The molecule has 0 fully saturated rings. The van der Waals surface area contributed by atoms with Crippen molar-refractivity contribution in [3.05, 3.63) is 105 Å². The molecule has 1 N–H and O–H groups in total. The van der Waals surface area contributed by atoms with Crippen LogP contribution in [0.1, 0.15) is 10.4 Å². The van der Waals surface area contributed by atoms with Crippen LogP contribution in [0.25, 0.3) is 11.0 Å². The maximum Gasteiger partial charge on any atom is 0.349 e. The third-order valence-electron chi connectivity index (χ3n) is 4.26. The molecule has 0 spiro atoms. The summed E-state index contributed by atoms with van der Waals surface area (Å²) in [6, 6.07) is 20.9. The number of nitro benzene ring substituents is 1. The number of carbonyl (C=O) groups is 1. The first-order valence-electron chi connectivity index (χ1n) is 8.86. The largest absolute Gasteiger partial charge is 0.457 e. The number of hydrogen-bond donors (Lipinski definition) is 1. The summed E-state index contributed by atoms with van der Waals surface area (Å²) in [7, 11) is 0. The molecule has 4 aromatic rings. The smallest absolute Gasteiger partial charge is 0.349 e. The Balaban J connectivity index is 1.54. The van der Waals surface area contributed by atoms with E-state index in [9.17, 15) is 19.7 Å². The quantitative estimate of drug-likeness (QED) is 0.293. The monoisotopic (exact) mass is 402 g/mol. The molecular formula is C22H14N2O6. The van der Waals surface area contributed by atoms with Gasteiger partial charge >= 0.3 is 5.63 Å². The number of carbonyl (C=O) groups excluding carboxylic acids is 1. The fourth-order valence-electron chi connectivity index (χ4n) is 2.81. The number of anilines is 1. The number of ether oxygens (including phenoxy) is 1. The average molecular weight is 402 g/mol. The molecule has 1 aromatic heterocycles. The van der Waals surface area contributed by atoms with Crippen LogP contribution >= 0.6 is 0 Å². The highest BCUT2D eigenvalue weighted by molar-refractivity contribution is 6.05. The van der Waals surface area contributed by atoms with Crippen molar-refractivity contribution in [3.8, 4) is 11.5 Å². The Labute approximate surface area is 169 Å². The molecule has 0 aliphatic heterocycles. The van der Waals surface area contributed by atoms with Crippen molar-refractivity contribution in [1.82, 2.24) is 0 Å². The fourth-order valence-corrected chi connectivity index (χ4v) is 2.81. The van der Waals surface area contributed by atoms with Gasteiger partial charge in [0.25, 0.3) is 11.6 Å². The number of nitro groups is 1. The number of nitrogens with zero attached hydrogens (tertiary/aromatic N) is 1. The van der Waals surface area contributed by atoms with Gasteiger partial charge in [-0.15, -0.1) is 0 Å². The number of nitrogens with one attached hydrogen (secondary N) is 1. The van der Waals surface area contributed by atoms with E-state index in [1.165, 1.54) is 24.3 Å². The number of benzene rings is 3. The number of hydrogen-bond acceptors (Lipinski definition) is 6. The van der Waals surface area contributed by atoms with Gasteiger partial charge in [0.05, 0.1) is 4.92 Å². The van der Waals surface area contributed by atoms with Crippen LogP contribution in [0.4, 0.5) is 11.4 Å². The zero-order valence-electron chi connectivity index (χ0n) is 15.4. The molecule has 3 aromatic carbocycles. The lowest BCUT2D eigenvalue weighted by molar-refractivity contribution is -0.384. The van der Waals surface area contributed by atoms with Crippen LogP contribution in [0.2, 0.25) is 0 Å². The summed E-state index contributed by atoms with van der Waals surface area (Å²) >= 11 is 0. The molecule has 0 aliphatic rings. The SMILES string of the molecule is O=C(Nc1ccc(Oc2ccccc2)cc1)c1cc2cc([N+](=O)[O-])ccc2oc1=O. The summed E-state index contributed by atoms with van der Waals surface area (Å²) < 4.78 is 10.8. The van der Waals surface area contributed by atoms with Crippen LogP contribution in [0.15, 0.2) is 88.1 Å². The zero-order chi connectivity index (χ0) is 21.1. The molecule has 8 nitrogen and oxygen atoms in total. The van der Waals surface area contributed by atoms with Crippen molar-refractivity contribution in [2.24, 2.45) is 0 Å². The van der Waals surface area contributed by atoms with E-state index in [4.69, 9.17) is 9.15 Å². The summed E-state index contributed by atoms with van der Waals surface area (Å²) in [5, 5.41) is 13.8. The van der Waals surface area contributed by atoms with Gasteiger partial charge in [0, 0.05) is 23.2 Å². The number of amides is 1. The van der Waals surface area contributed by atoms with E-state index < -0.39 is 16.5 Å². The molecule has 0 aliphatic carbocycles. The van der Waals surface area contributed by atoms with Gasteiger partial charge < -0.3 is 14.5 Å². The third-order valence-corrected chi connectivity index (χ3v) is 4.26. The molecule has 30 heavy (non-hydrogen) atoms. The summed E-state index contributed by atoms with van der Waals surface area (Å²) in [4.78, 5) is 35.1. The Hall–Kier alpha value is -4.46. The maximum atomic E-state index is 12.5. The van der Waals surface area contributed by atoms with Crippen LogP contribution < -0.4 is 15.7 Å². The highest BCUT2D eigenvalue weighted by Gasteiger charge is 2.16. The summed E-state index contributed by atoms with van der Waals surface area (Å²) in [6.45, 7) is 0. The second-order valence-electron chi connectivity index (χ2n) is 6.32. The third kappa shape index (κ3) is 4.02. The van der Waals surface area contributed by atoms with Crippen LogP contribution in [-0.2, 0) is 0 Å². The molecule has 0 atom stereocenters. The summed E-state index contributed by atoms with van der Waals surface area (Å²) in [5.41, 5.74) is -0.661. The molecule has 8 heteroatoms. The van der Waals surface area contributed by atoms with Gasteiger partial charge in [0.15, 0.2) is 0 Å². The normalized spacial score (nSPS) is 10.5. The van der Waals surface area contributed by atoms with Gasteiger partial charge in [-0.1, -0.05) is 18.2 Å². The zero-order valence-corrected chi connectivity index (χ0v) is 15.4. The maximum absolute atomic E-state index is 12.5. The predicted octanol–water partition coefficient (Wildman–Crippen LogP) is 4.75. The minimum Gasteiger partial charge on any atom is -0.457 e. The second-order valence-corrected chi connectivity index (χ2v) is 6.32. The molecule has 1 heterocycles. The van der Waals surface area contributed by atoms with E-state index in [1.54, 1.807) is 24.3 Å². The molecule has 4 rings (SSSR count). The van der Waals surface area contributed by atoms with Gasteiger partial charge in [0.2, 0.25) is 0 Å². The minimum absolute atomic E-state index is 0.157. The van der Waals surface area contributed by atoms with Crippen molar-refractivity contribution < 1.29 is 18.9 Å². The first-order valence-corrected chi connectivity index (χ1v) is 8.86. The van der Waals surface area contributed by atoms with Gasteiger partial charge in [0.1, 0.15) is 22.6 Å². The fraction of sp³-hybridized carbons (Fsp3) is 0. The van der Waals surface area contributed by atoms with Crippen molar-refractivity contribution in [2.75, 3.05) is 5.32 Å². The number of fused-ring (bicyclic) bond motifs is 1. The number of rotatable bonds is 5. The highest BCUT2D eigenvalue weighted by atomic mass is 16.6.